The minimum Gasteiger partial charge on any atom is -0.492 e. The van der Waals surface area contributed by atoms with Gasteiger partial charge in [-0.3, -0.25) is 0 Å². The summed E-state index contributed by atoms with van der Waals surface area (Å²) in [4.78, 5) is 2.16. The molecule has 0 aliphatic heterocycles. The maximum atomic E-state index is 5.87. The molecule has 3 nitrogen and oxygen atoms in total. The predicted octanol–water partition coefficient (Wildman–Crippen LogP) is 1.96. The molecule has 3 heteroatoms. The molecule has 1 atom stereocenters. The highest BCUT2D eigenvalue weighted by Gasteiger charge is 2.11. The van der Waals surface area contributed by atoms with Gasteiger partial charge in [0.2, 0.25) is 0 Å². The molecule has 0 fully saturated rings. The zero-order chi connectivity index (χ0) is 12.8. The van der Waals surface area contributed by atoms with Gasteiger partial charge in [0, 0.05) is 6.04 Å². The van der Waals surface area contributed by atoms with Crippen molar-refractivity contribution in [3.63, 3.8) is 0 Å². The highest BCUT2D eigenvalue weighted by molar-refractivity contribution is 5.35. The number of nitrogens with zero attached hydrogens (tertiary/aromatic N) is 1. The van der Waals surface area contributed by atoms with Crippen molar-refractivity contribution >= 4 is 0 Å². The maximum absolute atomic E-state index is 5.87. The quantitative estimate of drug-likeness (QED) is 0.820. The van der Waals surface area contributed by atoms with Gasteiger partial charge in [-0.1, -0.05) is 17.7 Å². The topological polar surface area (TPSA) is 38.5 Å². The molecule has 0 spiro atoms. The molecule has 2 N–H and O–H groups in total. The lowest BCUT2D eigenvalue weighted by molar-refractivity contribution is 0.178. The van der Waals surface area contributed by atoms with Crippen molar-refractivity contribution in [3.05, 3.63) is 29.3 Å². The van der Waals surface area contributed by atoms with Gasteiger partial charge in [-0.2, -0.15) is 0 Å². The SMILES string of the molecule is Cc1ccc(OCC(CCN)N(C)C)c(C)c1. The lowest BCUT2D eigenvalue weighted by Gasteiger charge is -2.24. The standard InChI is InChI=1S/C14H24N2O/c1-11-5-6-14(12(2)9-11)17-10-13(7-8-15)16(3)4/h5-6,9,13H,7-8,10,15H2,1-4H3. The Morgan fingerprint density at radius 3 is 2.53 bits per heavy atom. The summed E-state index contributed by atoms with van der Waals surface area (Å²) < 4.78 is 5.87. The van der Waals surface area contributed by atoms with Crippen LogP contribution in [0.3, 0.4) is 0 Å². The number of benzene rings is 1. The fourth-order valence-electron chi connectivity index (χ4n) is 1.83. The summed E-state index contributed by atoms with van der Waals surface area (Å²) in [6.45, 7) is 5.55. The van der Waals surface area contributed by atoms with Gasteiger partial charge in [-0.15, -0.1) is 0 Å². The molecule has 0 saturated carbocycles. The zero-order valence-electron chi connectivity index (χ0n) is 11.4. The summed E-state index contributed by atoms with van der Waals surface area (Å²) in [5.74, 6) is 0.972. The molecule has 1 unspecified atom stereocenters. The van der Waals surface area contributed by atoms with Gasteiger partial charge >= 0.3 is 0 Å². The largest absolute Gasteiger partial charge is 0.492 e. The van der Waals surface area contributed by atoms with Crippen LogP contribution in [0.25, 0.3) is 0 Å². The van der Waals surface area contributed by atoms with Crippen LogP contribution in [0.2, 0.25) is 0 Å². The molecule has 17 heavy (non-hydrogen) atoms. The van der Waals surface area contributed by atoms with E-state index in [0.29, 0.717) is 19.2 Å². The van der Waals surface area contributed by atoms with Crippen LogP contribution < -0.4 is 10.5 Å². The molecular formula is C14H24N2O. The Hall–Kier alpha value is -1.06. The lowest BCUT2D eigenvalue weighted by atomic mass is 10.1. The Kier molecular flexibility index (Phi) is 5.45. The van der Waals surface area contributed by atoms with Crippen molar-refractivity contribution in [1.82, 2.24) is 4.90 Å². The minimum atomic E-state index is 0.376. The van der Waals surface area contributed by atoms with Crippen molar-refractivity contribution in [2.24, 2.45) is 5.73 Å². The van der Waals surface area contributed by atoms with Gasteiger partial charge < -0.3 is 15.4 Å². The molecule has 0 aliphatic carbocycles. The second-order valence-corrected chi connectivity index (χ2v) is 4.77. The van der Waals surface area contributed by atoms with E-state index in [0.717, 1.165) is 12.2 Å². The smallest absolute Gasteiger partial charge is 0.122 e. The summed E-state index contributed by atoms with van der Waals surface area (Å²) in [5.41, 5.74) is 8.06. The highest BCUT2D eigenvalue weighted by Crippen LogP contribution is 2.19. The van der Waals surface area contributed by atoms with E-state index in [2.05, 4.69) is 45.0 Å². The molecule has 0 saturated heterocycles. The second kappa shape index (κ2) is 6.62. The molecular weight excluding hydrogens is 212 g/mol. The van der Waals surface area contributed by atoms with Crippen LogP contribution in [0.1, 0.15) is 17.5 Å². The Labute approximate surface area is 105 Å². The van der Waals surface area contributed by atoms with E-state index < -0.39 is 0 Å². The van der Waals surface area contributed by atoms with E-state index in [1.54, 1.807) is 0 Å². The van der Waals surface area contributed by atoms with Crippen LogP contribution in [0.15, 0.2) is 18.2 Å². The monoisotopic (exact) mass is 236 g/mol. The summed E-state index contributed by atoms with van der Waals surface area (Å²) in [7, 11) is 4.12. The molecule has 0 bridgehead atoms. The second-order valence-electron chi connectivity index (χ2n) is 4.77. The Balaban J connectivity index is 2.59. The van der Waals surface area contributed by atoms with Crippen molar-refractivity contribution < 1.29 is 4.74 Å². The predicted molar refractivity (Wildman–Crippen MR) is 72.6 cm³/mol. The third-order valence-corrected chi connectivity index (χ3v) is 2.99. The van der Waals surface area contributed by atoms with Crippen LogP contribution in [-0.4, -0.2) is 38.2 Å². The number of aryl methyl sites for hydroxylation is 2. The summed E-state index contributed by atoms with van der Waals surface area (Å²) in [5, 5.41) is 0. The first-order valence-corrected chi connectivity index (χ1v) is 6.11. The van der Waals surface area contributed by atoms with Gasteiger partial charge in [0.1, 0.15) is 12.4 Å². The average molecular weight is 236 g/mol. The molecule has 0 radical (unpaired) electrons. The maximum Gasteiger partial charge on any atom is 0.122 e. The fraction of sp³-hybridized carbons (Fsp3) is 0.571. The number of likely N-dealkylation sites (N-methyl/N-ethyl adjacent to an activating group) is 1. The third kappa shape index (κ3) is 4.36. The number of hydrogen-bond donors (Lipinski definition) is 1. The molecule has 1 aromatic rings. The summed E-state index contributed by atoms with van der Waals surface area (Å²) in [6, 6.07) is 6.64. The first-order valence-electron chi connectivity index (χ1n) is 6.11. The molecule has 1 aromatic carbocycles. The van der Waals surface area contributed by atoms with E-state index in [-0.39, 0.29) is 0 Å². The van der Waals surface area contributed by atoms with Gasteiger partial charge in [0.25, 0.3) is 0 Å². The Bertz CT molecular complexity index is 350. The molecule has 96 valence electrons. The van der Waals surface area contributed by atoms with Crippen molar-refractivity contribution in [3.8, 4) is 5.75 Å². The summed E-state index contributed by atoms with van der Waals surface area (Å²) in [6.07, 6.45) is 0.956. The third-order valence-electron chi connectivity index (χ3n) is 2.99. The fourth-order valence-corrected chi connectivity index (χ4v) is 1.83. The van der Waals surface area contributed by atoms with Crippen LogP contribution in [0.4, 0.5) is 0 Å². The first kappa shape index (κ1) is 14.0. The van der Waals surface area contributed by atoms with Crippen molar-refractivity contribution in [1.29, 1.82) is 0 Å². The number of ether oxygens (including phenoxy) is 1. The Morgan fingerprint density at radius 2 is 2.00 bits per heavy atom. The van der Waals surface area contributed by atoms with E-state index in [1.165, 1.54) is 11.1 Å². The van der Waals surface area contributed by atoms with E-state index >= 15 is 0 Å². The number of rotatable bonds is 6. The minimum absolute atomic E-state index is 0.376. The van der Waals surface area contributed by atoms with Gasteiger partial charge in [0.15, 0.2) is 0 Å². The van der Waals surface area contributed by atoms with Crippen LogP contribution in [0.5, 0.6) is 5.75 Å². The average Bonchev–Trinajstić information content (AvgIpc) is 2.25. The molecule has 0 heterocycles. The van der Waals surface area contributed by atoms with Crippen molar-refractivity contribution in [2.75, 3.05) is 27.2 Å². The van der Waals surface area contributed by atoms with E-state index in [4.69, 9.17) is 10.5 Å². The van der Waals surface area contributed by atoms with Crippen LogP contribution >= 0.6 is 0 Å². The lowest BCUT2D eigenvalue weighted by Crippen LogP contribution is -2.35. The van der Waals surface area contributed by atoms with Crippen LogP contribution in [-0.2, 0) is 0 Å². The molecule has 0 amide bonds. The van der Waals surface area contributed by atoms with E-state index in [9.17, 15) is 0 Å². The first-order chi connectivity index (χ1) is 8.04. The number of nitrogens with two attached hydrogens (primary N) is 1. The van der Waals surface area contributed by atoms with E-state index in [1.807, 2.05) is 6.07 Å². The zero-order valence-corrected chi connectivity index (χ0v) is 11.4. The van der Waals surface area contributed by atoms with Gasteiger partial charge in [-0.05, 0) is 52.5 Å². The van der Waals surface area contributed by atoms with Crippen molar-refractivity contribution in [2.45, 2.75) is 26.3 Å². The summed E-state index contributed by atoms with van der Waals surface area (Å²) >= 11 is 0. The molecule has 0 aromatic heterocycles. The normalized spacial score (nSPS) is 12.8. The Morgan fingerprint density at radius 1 is 1.29 bits per heavy atom. The highest BCUT2D eigenvalue weighted by atomic mass is 16.5. The van der Waals surface area contributed by atoms with Crippen LogP contribution in [0, 0.1) is 13.8 Å². The molecule has 0 aliphatic rings. The molecule has 1 rings (SSSR count). The number of hydrogen-bond acceptors (Lipinski definition) is 3. The van der Waals surface area contributed by atoms with Gasteiger partial charge in [-0.25, -0.2) is 0 Å². The van der Waals surface area contributed by atoms with Gasteiger partial charge in [0.05, 0.1) is 0 Å².